The fourth-order valence-electron chi connectivity index (χ4n) is 2.35. The third-order valence-corrected chi connectivity index (χ3v) is 4.34. The van der Waals surface area contributed by atoms with Crippen LogP contribution in [0.25, 0.3) is 22.2 Å². The number of pyridine rings is 1. The molecule has 0 aliphatic heterocycles. The topological polar surface area (TPSA) is 28.7 Å². The largest absolute Gasteiger partial charge is 0.357 e. The number of aromatic amines is 1. The molecule has 3 aromatic rings. The maximum atomic E-state index is 4.55. The van der Waals surface area contributed by atoms with Gasteiger partial charge in [-0.15, -0.1) is 24.2 Å². The van der Waals surface area contributed by atoms with E-state index in [0.717, 1.165) is 16.8 Å². The number of aromatic nitrogens is 2. The molecule has 0 atom stereocenters. The summed E-state index contributed by atoms with van der Waals surface area (Å²) in [6.45, 7) is 4.25. The Kier molecular flexibility index (Phi) is 4.41. The number of hydrogen-bond acceptors (Lipinski definition) is 2. The molecule has 20 heavy (non-hydrogen) atoms. The first-order valence-electron chi connectivity index (χ1n) is 6.29. The average Bonchev–Trinajstić information content (AvgIpc) is 2.75. The minimum Gasteiger partial charge on any atom is -0.357 e. The maximum absolute atomic E-state index is 4.55. The Morgan fingerprint density at radius 1 is 1.05 bits per heavy atom. The second kappa shape index (κ2) is 5.90. The van der Waals surface area contributed by atoms with E-state index < -0.39 is 0 Å². The Bertz CT molecular complexity index is 732. The van der Waals surface area contributed by atoms with Gasteiger partial charge in [0, 0.05) is 27.7 Å². The van der Waals surface area contributed by atoms with Gasteiger partial charge in [0.05, 0.1) is 11.2 Å². The van der Waals surface area contributed by atoms with Gasteiger partial charge in [0.2, 0.25) is 0 Å². The molecule has 1 aromatic carbocycles. The normalized spacial score (nSPS) is 10.6. The molecule has 0 radical (unpaired) electrons. The highest BCUT2D eigenvalue weighted by molar-refractivity contribution is 7.98. The summed E-state index contributed by atoms with van der Waals surface area (Å²) >= 11 is 1.75. The standard InChI is InChI=1S/C16H16N2S.ClH/c1-10-11(2)18-16-14(10)8-9-17-15(16)12-4-6-13(19-3)7-5-12;/h4-9,18H,1-3H3;1H. The van der Waals surface area contributed by atoms with E-state index in [9.17, 15) is 0 Å². The zero-order valence-electron chi connectivity index (χ0n) is 11.7. The highest BCUT2D eigenvalue weighted by Gasteiger charge is 2.10. The molecule has 4 heteroatoms. The number of nitrogens with one attached hydrogen (secondary N) is 1. The van der Waals surface area contributed by atoms with Crippen molar-refractivity contribution in [2.24, 2.45) is 0 Å². The molecule has 0 amide bonds. The summed E-state index contributed by atoms with van der Waals surface area (Å²) in [6, 6.07) is 10.6. The third kappa shape index (κ3) is 2.43. The van der Waals surface area contributed by atoms with Crippen molar-refractivity contribution < 1.29 is 0 Å². The van der Waals surface area contributed by atoms with Gasteiger partial charge < -0.3 is 4.98 Å². The molecule has 2 heterocycles. The van der Waals surface area contributed by atoms with Crippen LogP contribution in [0.4, 0.5) is 0 Å². The van der Waals surface area contributed by atoms with Crippen molar-refractivity contribution in [3.8, 4) is 11.3 Å². The molecule has 0 bridgehead atoms. The molecule has 0 aliphatic carbocycles. The molecular formula is C16H17ClN2S. The van der Waals surface area contributed by atoms with E-state index in [0.29, 0.717) is 0 Å². The van der Waals surface area contributed by atoms with E-state index >= 15 is 0 Å². The van der Waals surface area contributed by atoms with E-state index in [-0.39, 0.29) is 12.4 Å². The lowest BCUT2D eigenvalue weighted by Crippen LogP contribution is -1.85. The van der Waals surface area contributed by atoms with Crippen molar-refractivity contribution in [1.82, 2.24) is 9.97 Å². The van der Waals surface area contributed by atoms with Crippen molar-refractivity contribution in [2.75, 3.05) is 6.26 Å². The predicted octanol–water partition coefficient (Wildman–Crippen LogP) is 4.99. The smallest absolute Gasteiger partial charge is 0.0942 e. The fraction of sp³-hybridized carbons (Fsp3) is 0.188. The van der Waals surface area contributed by atoms with Crippen LogP contribution >= 0.6 is 24.2 Å². The van der Waals surface area contributed by atoms with Gasteiger partial charge in [-0.2, -0.15) is 0 Å². The summed E-state index contributed by atoms with van der Waals surface area (Å²) in [6.07, 6.45) is 3.98. The molecule has 0 fully saturated rings. The van der Waals surface area contributed by atoms with Crippen LogP contribution in [0, 0.1) is 13.8 Å². The van der Waals surface area contributed by atoms with Gasteiger partial charge in [-0.3, -0.25) is 4.98 Å². The molecule has 0 saturated carbocycles. The molecule has 2 aromatic heterocycles. The number of fused-ring (bicyclic) bond motifs is 1. The molecule has 0 saturated heterocycles. The average molecular weight is 305 g/mol. The minimum absolute atomic E-state index is 0. The van der Waals surface area contributed by atoms with Crippen molar-refractivity contribution >= 4 is 35.1 Å². The number of hydrogen-bond donors (Lipinski definition) is 1. The molecule has 1 N–H and O–H groups in total. The van der Waals surface area contributed by atoms with E-state index in [1.807, 2.05) is 6.20 Å². The number of nitrogens with zero attached hydrogens (tertiary/aromatic N) is 1. The van der Waals surface area contributed by atoms with Crippen LogP contribution in [0.3, 0.4) is 0 Å². The first-order valence-corrected chi connectivity index (χ1v) is 7.51. The lowest BCUT2D eigenvalue weighted by Gasteiger charge is -2.04. The summed E-state index contributed by atoms with van der Waals surface area (Å²) in [7, 11) is 0. The molecular weight excluding hydrogens is 288 g/mol. The molecule has 2 nitrogen and oxygen atoms in total. The van der Waals surface area contributed by atoms with Gasteiger partial charge in [0.25, 0.3) is 0 Å². The molecule has 0 aliphatic rings. The Morgan fingerprint density at radius 3 is 2.40 bits per heavy atom. The number of thioether (sulfide) groups is 1. The molecule has 3 rings (SSSR count). The first kappa shape index (κ1) is 14.9. The first-order chi connectivity index (χ1) is 9.20. The number of aryl methyl sites for hydroxylation is 2. The Balaban J connectivity index is 0.00000147. The number of benzene rings is 1. The maximum Gasteiger partial charge on any atom is 0.0942 e. The molecule has 0 spiro atoms. The van der Waals surface area contributed by atoms with E-state index in [2.05, 4.69) is 60.4 Å². The van der Waals surface area contributed by atoms with Gasteiger partial charge in [0.1, 0.15) is 0 Å². The van der Waals surface area contributed by atoms with Crippen LogP contribution in [0.2, 0.25) is 0 Å². The van der Waals surface area contributed by atoms with Crippen LogP contribution in [0.5, 0.6) is 0 Å². The van der Waals surface area contributed by atoms with Crippen LogP contribution in [0.1, 0.15) is 11.3 Å². The van der Waals surface area contributed by atoms with Gasteiger partial charge in [-0.25, -0.2) is 0 Å². The summed E-state index contributed by atoms with van der Waals surface area (Å²) < 4.78 is 0. The zero-order valence-corrected chi connectivity index (χ0v) is 13.4. The lowest BCUT2D eigenvalue weighted by atomic mass is 10.1. The fourth-order valence-corrected chi connectivity index (χ4v) is 2.76. The lowest BCUT2D eigenvalue weighted by molar-refractivity contribution is 1.25. The monoisotopic (exact) mass is 304 g/mol. The predicted molar refractivity (Wildman–Crippen MR) is 90.0 cm³/mol. The van der Waals surface area contributed by atoms with Gasteiger partial charge in [-0.1, -0.05) is 12.1 Å². The van der Waals surface area contributed by atoms with Crippen LogP contribution in [-0.2, 0) is 0 Å². The number of H-pyrrole nitrogens is 1. The SMILES string of the molecule is CSc1ccc(-c2nccc3c(C)c(C)[nH]c23)cc1.Cl. The zero-order chi connectivity index (χ0) is 13.4. The minimum atomic E-state index is 0. The van der Waals surface area contributed by atoms with Crippen LogP contribution < -0.4 is 0 Å². The summed E-state index contributed by atoms with van der Waals surface area (Å²) in [5.74, 6) is 0. The van der Waals surface area contributed by atoms with Crippen molar-refractivity contribution in [1.29, 1.82) is 0 Å². The Hall–Kier alpha value is -1.45. The highest BCUT2D eigenvalue weighted by atomic mass is 35.5. The van der Waals surface area contributed by atoms with Gasteiger partial charge in [-0.05, 0) is 43.9 Å². The van der Waals surface area contributed by atoms with Gasteiger partial charge in [0.15, 0.2) is 0 Å². The Labute approximate surface area is 129 Å². The molecule has 104 valence electrons. The number of halogens is 1. The van der Waals surface area contributed by atoms with Crippen LogP contribution in [-0.4, -0.2) is 16.2 Å². The van der Waals surface area contributed by atoms with Crippen molar-refractivity contribution in [3.05, 3.63) is 47.8 Å². The highest BCUT2D eigenvalue weighted by Crippen LogP contribution is 2.30. The second-order valence-corrected chi connectivity index (χ2v) is 5.57. The number of rotatable bonds is 2. The second-order valence-electron chi connectivity index (χ2n) is 4.69. The molecule has 0 unspecified atom stereocenters. The van der Waals surface area contributed by atoms with E-state index in [4.69, 9.17) is 0 Å². The Morgan fingerprint density at radius 2 is 1.75 bits per heavy atom. The quantitative estimate of drug-likeness (QED) is 0.676. The van der Waals surface area contributed by atoms with Crippen molar-refractivity contribution in [3.63, 3.8) is 0 Å². The summed E-state index contributed by atoms with van der Waals surface area (Å²) in [5.41, 5.74) is 5.84. The van der Waals surface area contributed by atoms with Crippen molar-refractivity contribution in [2.45, 2.75) is 18.7 Å². The summed E-state index contributed by atoms with van der Waals surface area (Å²) in [4.78, 5) is 9.28. The summed E-state index contributed by atoms with van der Waals surface area (Å²) in [5, 5.41) is 1.26. The van der Waals surface area contributed by atoms with Gasteiger partial charge >= 0.3 is 0 Å². The van der Waals surface area contributed by atoms with E-state index in [1.54, 1.807) is 11.8 Å². The van der Waals surface area contributed by atoms with Crippen LogP contribution in [0.15, 0.2) is 41.4 Å². The third-order valence-electron chi connectivity index (χ3n) is 3.59. The van der Waals surface area contributed by atoms with E-state index in [1.165, 1.54) is 21.5 Å².